The Morgan fingerprint density at radius 2 is 1.71 bits per heavy atom. The van der Waals surface area contributed by atoms with E-state index in [1.165, 1.54) is 0 Å². The molecule has 1 unspecified atom stereocenters. The number of aliphatic carboxylic acids is 1. The van der Waals surface area contributed by atoms with E-state index in [9.17, 15) is 14.7 Å². The molecule has 0 heterocycles. The van der Waals surface area contributed by atoms with E-state index >= 15 is 0 Å². The lowest BCUT2D eigenvalue weighted by Gasteiger charge is -2.19. The molecule has 0 fully saturated rings. The van der Waals surface area contributed by atoms with Gasteiger partial charge < -0.3 is 10.4 Å². The van der Waals surface area contributed by atoms with Crippen LogP contribution < -0.4 is 5.32 Å². The molecule has 4 heteroatoms. The topological polar surface area (TPSA) is 66.4 Å². The standard InChI is InChI=1S/C17H21NO3/c1-3-8-14(9-4-2)16(19)18-15(17(20)21)12-13-10-6-5-7-11-13/h3-7,10-11,14-15H,1-2,8-9,12H2,(H,18,19)(H,20,21). The Morgan fingerprint density at radius 1 is 1.14 bits per heavy atom. The molecular weight excluding hydrogens is 266 g/mol. The van der Waals surface area contributed by atoms with Crippen molar-refractivity contribution >= 4 is 11.9 Å². The minimum absolute atomic E-state index is 0.261. The van der Waals surface area contributed by atoms with Crippen LogP contribution >= 0.6 is 0 Å². The summed E-state index contributed by atoms with van der Waals surface area (Å²) >= 11 is 0. The largest absolute Gasteiger partial charge is 0.480 e. The lowest BCUT2D eigenvalue weighted by molar-refractivity contribution is -0.142. The zero-order valence-corrected chi connectivity index (χ0v) is 12.0. The van der Waals surface area contributed by atoms with Crippen LogP contribution in [0, 0.1) is 5.92 Å². The Balaban J connectivity index is 2.73. The number of carboxylic acid groups (broad SMARTS) is 1. The van der Waals surface area contributed by atoms with Gasteiger partial charge in [0.05, 0.1) is 0 Å². The fourth-order valence-corrected chi connectivity index (χ4v) is 2.05. The van der Waals surface area contributed by atoms with Gasteiger partial charge in [0.15, 0.2) is 0 Å². The van der Waals surface area contributed by atoms with E-state index in [1.54, 1.807) is 12.2 Å². The monoisotopic (exact) mass is 287 g/mol. The van der Waals surface area contributed by atoms with E-state index in [1.807, 2.05) is 30.3 Å². The minimum Gasteiger partial charge on any atom is -0.480 e. The van der Waals surface area contributed by atoms with Gasteiger partial charge in [0.2, 0.25) is 5.91 Å². The highest BCUT2D eigenvalue weighted by Gasteiger charge is 2.24. The van der Waals surface area contributed by atoms with Crippen LogP contribution in [0.2, 0.25) is 0 Å². The highest BCUT2D eigenvalue weighted by Crippen LogP contribution is 2.11. The quantitative estimate of drug-likeness (QED) is 0.686. The highest BCUT2D eigenvalue weighted by molar-refractivity contribution is 5.85. The van der Waals surface area contributed by atoms with E-state index in [0.717, 1.165) is 5.56 Å². The fraction of sp³-hybridized carbons (Fsp3) is 0.294. The second kappa shape index (κ2) is 8.74. The number of amides is 1. The molecule has 0 saturated carbocycles. The number of hydrogen-bond donors (Lipinski definition) is 2. The lowest BCUT2D eigenvalue weighted by Crippen LogP contribution is -2.44. The molecule has 0 aliphatic heterocycles. The van der Waals surface area contributed by atoms with Gasteiger partial charge in [0, 0.05) is 12.3 Å². The van der Waals surface area contributed by atoms with Crippen molar-refractivity contribution in [1.82, 2.24) is 5.32 Å². The second-order valence-electron chi connectivity index (χ2n) is 4.83. The van der Waals surface area contributed by atoms with Crippen LogP contribution in [-0.2, 0) is 16.0 Å². The first kappa shape index (κ1) is 16.7. The van der Waals surface area contributed by atoms with Gasteiger partial charge in [-0.3, -0.25) is 4.79 Å². The molecule has 4 nitrogen and oxygen atoms in total. The van der Waals surface area contributed by atoms with Crippen molar-refractivity contribution < 1.29 is 14.7 Å². The molecule has 0 aliphatic carbocycles. The summed E-state index contributed by atoms with van der Waals surface area (Å²) in [4.78, 5) is 23.5. The fourth-order valence-electron chi connectivity index (χ4n) is 2.05. The normalized spacial score (nSPS) is 11.7. The zero-order valence-electron chi connectivity index (χ0n) is 12.0. The van der Waals surface area contributed by atoms with Crippen LogP contribution in [0.15, 0.2) is 55.6 Å². The number of carbonyl (C=O) groups excluding carboxylic acids is 1. The molecule has 1 amide bonds. The second-order valence-corrected chi connectivity index (χ2v) is 4.83. The smallest absolute Gasteiger partial charge is 0.326 e. The third-order valence-electron chi connectivity index (χ3n) is 3.17. The molecule has 0 spiro atoms. The Morgan fingerprint density at radius 3 is 2.19 bits per heavy atom. The van der Waals surface area contributed by atoms with Gasteiger partial charge in [-0.05, 0) is 18.4 Å². The van der Waals surface area contributed by atoms with Gasteiger partial charge >= 0.3 is 5.97 Å². The van der Waals surface area contributed by atoms with E-state index < -0.39 is 12.0 Å². The number of nitrogens with one attached hydrogen (secondary N) is 1. The van der Waals surface area contributed by atoms with Gasteiger partial charge in [-0.15, -0.1) is 13.2 Å². The molecule has 1 rings (SSSR count). The number of carboxylic acids is 1. The van der Waals surface area contributed by atoms with E-state index in [0.29, 0.717) is 12.8 Å². The molecule has 1 atom stereocenters. The molecule has 0 bridgehead atoms. The predicted molar refractivity (Wildman–Crippen MR) is 82.8 cm³/mol. The maximum atomic E-state index is 12.2. The van der Waals surface area contributed by atoms with Crippen LogP contribution in [0.25, 0.3) is 0 Å². The highest BCUT2D eigenvalue weighted by atomic mass is 16.4. The summed E-state index contributed by atoms with van der Waals surface area (Å²) < 4.78 is 0. The van der Waals surface area contributed by atoms with Crippen molar-refractivity contribution in [3.8, 4) is 0 Å². The van der Waals surface area contributed by atoms with Crippen molar-refractivity contribution in [2.75, 3.05) is 0 Å². The van der Waals surface area contributed by atoms with Gasteiger partial charge in [-0.2, -0.15) is 0 Å². The molecule has 0 saturated heterocycles. The summed E-state index contributed by atoms with van der Waals surface area (Å²) in [6.45, 7) is 7.23. The zero-order chi connectivity index (χ0) is 15.7. The molecule has 112 valence electrons. The maximum absolute atomic E-state index is 12.2. The van der Waals surface area contributed by atoms with Crippen molar-refractivity contribution in [2.24, 2.45) is 5.92 Å². The Bertz CT molecular complexity index is 486. The molecule has 21 heavy (non-hydrogen) atoms. The first-order valence-corrected chi connectivity index (χ1v) is 6.87. The molecule has 0 aliphatic rings. The van der Waals surface area contributed by atoms with Crippen LogP contribution in [0.1, 0.15) is 18.4 Å². The Labute approximate surface area is 125 Å². The van der Waals surface area contributed by atoms with Crippen molar-refractivity contribution in [3.63, 3.8) is 0 Å². The van der Waals surface area contributed by atoms with Gasteiger partial charge in [-0.1, -0.05) is 42.5 Å². The minimum atomic E-state index is -1.04. The molecular formula is C17H21NO3. The van der Waals surface area contributed by atoms with Crippen LogP contribution in [0.3, 0.4) is 0 Å². The molecule has 0 aromatic heterocycles. The number of carbonyl (C=O) groups is 2. The lowest BCUT2D eigenvalue weighted by atomic mass is 9.99. The van der Waals surface area contributed by atoms with Crippen LogP contribution in [0.4, 0.5) is 0 Å². The summed E-state index contributed by atoms with van der Waals surface area (Å²) in [7, 11) is 0. The average Bonchev–Trinajstić information content (AvgIpc) is 2.47. The third-order valence-corrected chi connectivity index (χ3v) is 3.17. The van der Waals surface area contributed by atoms with Crippen molar-refractivity contribution in [1.29, 1.82) is 0 Å². The SMILES string of the molecule is C=CCC(CC=C)C(=O)NC(Cc1ccccc1)C(=O)O. The first-order chi connectivity index (χ1) is 10.1. The molecule has 1 aromatic rings. The number of rotatable bonds is 9. The first-order valence-electron chi connectivity index (χ1n) is 6.87. The number of benzene rings is 1. The van der Waals surface area contributed by atoms with Crippen molar-refractivity contribution in [2.45, 2.75) is 25.3 Å². The summed E-state index contributed by atoms with van der Waals surface area (Å²) in [5.41, 5.74) is 0.870. The van der Waals surface area contributed by atoms with E-state index in [-0.39, 0.29) is 18.2 Å². The number of hydrogen-bond acceptors (Lipinski definition) is 2. The summed E-state index contributed by atoms with van der Waals surface area (Å²) in [5.74, 6) is -1.64. The van der Waals surface area contributed by atoms with E-state index in [2.05, 4.69) is 18.5 Å². The summed E-state index contributed by atoms with van der Waals surface area (Å²) in [6, 6.07) is 8.29. The summed E-state index contributed by atoms with van der Waals surface area (Å²) in [5, 5.41) is 11.9. The van der Waals surface area contributed by atoms with Crippen LogP contribution in [0.5, 0.6) is 0 Å². The average molecular weight is 287 g/mol. The predicted octanol–water partition coefficient (Wildman–Crippen LogP) is 2.57. The summed E-state index contributed by atoms with van der Waals surface area (Å²) in [6.07, 6.45) is 4.56. The molecule has 0 radical (unpaired) electrons. The van der Waals surface area contributed by atoms with Gasteiger partial charge in [0.1, 0.15) is 6.04 Å². The Kier molecular flexibility index (Phi) is 6.95. The van der Waals surface area contributed by atoms with E-state index in [4.69, 9.17) is 0 Å². The maximum Gasteiger partial charge on any atom is 0.326 e. The molecule has 1 aromatic carbocycles. The third kappa shape index (κ3) is 5.65. The molecule has 2 N–H and O–H groups in total. The Hall–Kier alpha value is -2.36. The van der Waals surface area contributed by atoms with Gasteiger partial charge in [0.25, 0.3) is 0 Å². The number of allylic oxidation sites excluding steroid dienone is 2. The van der Waals surface area contributed by atoms with Crippen molar-refractivity contribution in [3.05, 3.63) is 61.2 Å². The van der Waals surface area contributed by atoms with Gasteiger partial charge in [-0.25, -0.2) is 4.79 Å². The van der Waals surface area contributed by atoms with Crippen LogP contribution in [-0.4, -0.2) is 23.0 Å².